The lowest BCUT2D eigenvalue weighted by molar-refractivity contribution is 0.0312. The number of imidazole rings is 1. The molecule has 0 N–H and O–H groups in total. The SMILES string of the molecule is CCCCCOC(CCC1CCCCC1)CCn1ccnc1. The van der Waals surface area contributed by atoms with Crippen molar-refractivity contribution in [3.63, 3.8) is 0 Å². The molecule has 1 aliphatic carbocycles. The smallest absolute Gasteiger partial charge is 0.0945 e. The highest BCUT2D eigenvalue weighted by molar-refractivity contribution is 4.75. The first-order valence-electron chi connectivity index (χ1n) is 9.46. The molecular weight excluding hydrogens is 272 g/mol. The van der Waals surface area contributed by atoms with Gasteiger partial charge in [0.1, 0.15) is 0 Å². The van der Waals surface area contributed by atoms with Gasteiger partial charge in [0.15, 0.2) is 0 Å². The number of ether oxygens (including phenoxy) is 1. The van der Waals surface area contributed by atoms with Gasteiger partial charge in [-0.05, 0) is 31.6 Å². The number of hydrogen-bond acceptors (Lipinski definition) is 2. The number of hydrogen-bond donors (Lipinski definition) is 0. The second-order valence-electron chi connectivity index (χ2n) is 6.87. The normalized spacial score (nSPS) is 17.7. The summed E-state index contributed by atoms with van der Waals surface area (Å²) in [5, 5.41) is 0. The minimum atomic E-state index is 0.432. The second kappa shape index (κ2) is 10.8. The van der Waals surface area contributed by atoms with Gasteiger partial charge in [0.05, 0.1) is 12.4 Å². The Hall–Kier alpha value is -0.830. The molecule has 1 fully saturated rings. The average Bonchev–Trinajstić information content (AvgIpc) is 3.07. The van der Waals surface area contributed by atoms with Crippen LogP contribution in [0.4, 0.5) is 0 Å². The number of rotatable bonds is 11. The van der Waals surface area contributed by atoms with Crippen LogP contribution in [0, 0.1) is 5.92 Å². The molecule has 0 amide bonds. The van der Waals surface area contributed by atoms with E-state index in [1.54, 1.807) is 0 Å². The molecule has 1 aromatic rings. The van der Waals surface area contributed by atoms with E-state index in [1.807, 2.05) is 12.5 Å². The molecule has 0 spiro atoms. The molecule has 0 saturated heterocycles. The Morgan fingerprint density at radius 2 is 2.05 bits per heavy atom. The van der Waals surface area contributed by atoms with Crippen LogP contribution < -0.4 is 0 Å². The first-order valence-corrected chi connectivity index (χ1v) is 9.46. The molecule has 126 valence electrons. The molecule has 0 radical (unpaired) electrons. The number of aryl methyl sites for hydroxylation is 1. The quantitative estimate of drug-likeness (QED) is 0.525. The Bertz CT molecular complexity index is 358. The molecule has 1 aromatic heterocycles. The van der Waals surface area contributed by atoms with Crippen LogP contribution in [0.25, 0.3) is 0 Å². The number of unbranched alkanes of at least 4 members (excludes halogenated alkanes) is 2. The highest BCUT2D eigenvalue weighted by atomic mass is 16.5. The minimum Gasteiger partial charge on any atom is -0.378 e. The van der Waals surface area contributed by atoms with E-state index in [9.17, 15) is 0 Å². The topological polar surface area (TPSA) is 27.1 Å². The van der Waals surface area contributed by atoms with Crippen LogP contribution in [-0.4, -0.2) is 22.3 Å². The van der Waals surface area contributed by atoms with Gasteiger partial charge in [-0.15, -0.1) is 0 Å². The van der Waals surface area contributed by atoms with E-state index in [-0.39, 0.29) is 0 Å². The van der Waals surface area contributed by atoms with Gasteiger partial charge in [0.2, 0.25) is 0 Å². The van der Waals surface area contributed by atoms with Gasteiger partial charge in [-0.1, -0.05) is 51.9 Å². The van der Waals surface area contributed by atoms with Crippen molar-refractivity contribution in [2.24, 2.45) is 5.92 Å². The largest absolute Gasteiger partial charge is 0.378 e. The zero-order valence-corrected chi connectivity index (χ0v) is 14.4. The van der Waals surface area contributed by atoms with Crippen molar-refractivity contribution < 1.29 is 4.74 Å². The molecule has 1 heterocycles. The van der Waals surface area contributed by atoms with Crippen molar-refractivity contribution in [3.8, 4) is 0 Å². The van der Waals surface area contributed by atoms with Crippen LogP contribution in [0.3, 0.4) is 0 Å². The van der Waals surface area contributed by atoms with Crippen LogP contribution in [0.15, 0.2) is 18.7 Å². The maximum Gasteiger partial charge on any atom is 0.0945 e. The van der Waals surface area contributed by atoms with Crippen LogP contribution in [-0.2, 0) is 11.3 Å². The van der Waals surface area contributed by atoms with Crippen LogP contribution in [0.1, 0.15) is 77.6 Å². The van der Waals surface area contributed by atoms with Gasteiger partial charge in [0.25, 0.3) is 0 Å². The highest BCUT2D eigenvalue weighted by Crippen LogP contribution is 2.28. The molecule has 0 bridgehead atoms. The molecule has 1 saturated carbocycles. The van der Waals surface area contributed by atoms with Crippen molar-refractivity contribution in [1.82, 2.24) is 9.55 Å². The van der Waals surface area contributed by atoms with Crippen molar-refractivity contribution in [1.29, 1.82) is 0 Å². The van der Waals surface area contributed by atoms with E-state index in [1.165, 1.54) is 64.2 Å². The second-order valence-corrected chi connectivity index (χ2v) is 6.87. The Morgan fingerprint density at radius 3 is 2.77 bits per heavy atom. The van der Waals surface area contributed by atoms with Crippen molar-refractivity contribution in [3.05, 3.63) is 18.7 Å². The molecule has 1 unspecified atom stereocenters. The monoisotopic (exact) mass is 306 g/mol. The average molecular weight is 306 g/mol. The van der Waals surface area contributed by atoms with Gasteiger partial charge in [-0.3, -0.25) is 0 Å². The summed E-state index contributed by atoms with van der Waals surface area (Å²) in [5.74, 6) is 0.962. The summed E-state index contributed by atoms with van der Waals surface area (Å²) in [5.41, 5.74) is 0. The van der Waals surface area contributed by atoms with Crippen LogP contribution in [0.2, 0.25) is 0 Å². The van der Waals surface area contributed by atoms with E-state index in [4.69, 9.17) is 4.74 Å². The molecular formula is C19H34N2O. The molecule has 0 aromatic carbocycles. The standard InChI is InChI=1S/C19H34N2O/c1-2-3-7-16-22-19(12-14-21-15-13-20-17-21)11-10-18-8-5-4-6-9-18/h13,15,17-19H,2-12,14,16H2,1H3. The maximum absolute atomic E-state index is 6.20. The van der Waals surface area contributed by atoms with Gasteiger partial charge < -0.3 is 9.30 Å². The maximum atomic E-state index is 6.20. The Kier molecular flexibility index (Phi) is 8.62. The zero-order valence-electron chi connectivity index (χ0n) is 14.4. The van der Waals surface area contributed by atoms with Gasteiger partial charge >= 0.3 is 0 Å². The third-order valence-corrected chi connectivity index (χ3v) is 4.99. The van der Waals surface area contributed by atoms with Crippen molar-refractivity contribution in [2.45, 2.75) is 90.2 Å². The first-order chi connectivity index (χ1) is 10.9. The summed E-state index contributed by atoms with van der Waals surface area (Å²) < 4.78 is 8.37. The predicted molar refractivity (Wildman–Crippen MR) is 91.9 cm³/mol. The first kappa shape index (κ1) is 17.5. The lowest BCUT2D eigenvalue weighted by Gasteiger charge is -2.24. The molecule has 0 aliphatic heterocycles. The Balaban J connectivity index is 1.69. The summed E-state index contributed by atoms with van der Waals surface area (Å²) in [6.07, 6.45) is 21.0. The van der Waals surface area contributed by atoms with E-state index in [2.05, 4.69) is 22.7 Å². The summed E-state index contributed by atoms with van der Waals surface area (Å²) in [7, 11) is 0. The lowest BCUT2D eigenvalue weighted by Crippen LogP contribution is -2.19. The Labute approximate surface area is 136 Å². The van der Waals surface area contributed by atoms with Crippen LogP contribution in [0.5, 0.6) is 0 Å². The van der Waals surface area contributed by atoms with E-state index in [0.29, 0.717) is 6.10 Å². The predicted octanol–water partition coefficient (Wildman–Crippen LogP) is 5.21. The number of nitrogens with zero attached hydrogens (tertiary/aromatic N) is 2. The summed E-state index contributed by atoms with van der Waals surface area (Å²) in [6.45, 7) is 4.22. The van der Waals surface area contributed by atoms with Crippen LogP contribution >= 0.6 is 0 Å². The van der Waals surface area contributed by atoms with E-state index >= 15 is 0 Å². The van der Waals surface area contributed by atoms with Gasteiger partial charge in [-0.25, -0.2) is 4.98 Å². The number of aromatic nitrogens is 2. The fourth-order valence-electron chi connectivity index (χ4n) is 3.52. The molecule has 3 heteroatoms. The minimum absolute atomic E-state index is 0.432. The van der Waals surface area contributed by atoms with Crippen molar-refractivity contribution in [2.75, 3.05) is 6.61 Å². The van der Waals surface area contributed by atoms with E-state index in [0.717, 1.165) is 25.5 Å². The van der Waals surface area contributed by atoms with Gasteiger partial charge in [-0.2, -0.15) is 0 Å². The zero-order chi connectivity index (χ0) is 15.5. The highest BCUT2D eigenvalue weighted by Gasteiger charge is 2.16. The Morgan fingerprint density at radius 1 is 1.18 bits per heavy atom. The molecule has 3 nitrogen and oxygen atoms in total. The molecule has 1 aliphatic rings. The third kappa shape index (κ3) is 6.95. The molecule has 22 heavy (non-hydrogen) atoms. The summed E-state index contributed by atoms with van der Waals surface area (Å²) in [4.78, 5) is 4.13. The molecule has 1 atom stereocenters. The van der Waals surface area contributed by atoms with E-state index < -0.39 is 0 Å². The fourth-order valence-corrected chi connectivity index (χ4v) is 3.52. The fraction of sp³-hybridized carbons (Fsp3) is 0.842. The van der Waals surface area contributed by atoms with Gasteiger partial charge in [0, 0.05) is 25.5 Å². The summed E-state index contributed by atoms with van der Waals surface area (Å²) in [6, 6.07) is 0. The third-order valence-electron chi connectivity index (χ3n) is 4.99. The lowest BCUT2D eigenvalue weighted by atomic mass is 9.85. The molecule has 2 rings (SSSR count). The van der Waals surface area contributed by atoms with Crippen molar-refractivity contribution >= 4 is 0 Å². The summed E-state index contributed by atoms with van der Waals surface area (Å²) >= 11 is 0.